The number of carbonyl (C=O) groups excluding carboxylic acids is 1. The molecule has 0 spiro atoms. The maximum Gasteiger partial charge on any atom is 0.273 e. The number of oxazole rings is 1. The predicted octanol–water partition coefficient (Wildman–Crippen LogP) is 0.906. The highest BCUT2D eigenvalue weighted by Gasteiger charge is 2.22. The second kappa shape index (κ2) is 6.68. The van der Waals surface area contributed by atoms with Gasteiger partial charge in [0.1, 0.15) is 6.26 Å². The molecule has 6 heteroatoms. The standard InChI is InChI=1S/C13H21N3O3/c1-9(7-18-2)15-12(17)11-8-19-13(16-11)10-3-5-14-6-4-10/h8-10,14H,3-7H2,1-2H3,(H,15,17). The van der Waals surface area contributed by atoms with E-state index < -0.39 is 0 Å². The fourth-order valence-corrected chi connectivity index (χ4v) is 2.24. The van der Waals surface area contributed by atoms with Crippen LogP contribution in [0.15, 0.2) is 10.7 Å². The van der Waals surface area contributed by atoms with Gasteiger partial charge in [0.15, 0.2) is 11.6 Å². The van der Waals surface area contributed by atoms with Gasteiger partial charge >= 0.3 is 0 Å². The van der Waals surface area contributed by atoms with Crippen LogP contribution in [0.2, 0.25) is 0 Å². The molecule has 106 valence electrons. The average molecular weight is 267 g/mol. The third-order valence-electron chi connectivity index (χ3n) is 3.24. The van der Waals surface area contributed by atoms with Gasteiger partial charge in [0.2, 0.25) is 0 Å². The summed E-state index contributed by atoms with van der Waals surface area (Å²) in [6.45, 7) is 4.30. The third-order valence-corrected chi connectivity index (χ3v) is 3.24. The maximum atomic E-state index is 11.9. The Morgan fingerprint density at radius 3 is 3.05 bits per heavy atom. The lowest BCUT2D eigenvalue weighted by Gasteiger charge is -2.19. The van der Waals surface area contributed by atoms with E-state index in [1.165, 1.54) is 6.26 Å². The molecule has 0 aromatic carbocycles. The molecule has 0 bridgehead atoms. The normalized spacial score (nSPS) is 18.2. The van der Waals surface area contributed by atoms with E-state index in [1.54, 1.807) is 7.11 Å². The summed E-state index contributed by atoms with van der Waals surface area (Å²) in [7, 11) is 1.61. The van der Waals surface area contributed by atoms with Gasteiger partial charge in [0.25, 0.3) is 5.91 Å². The van der Waals surface area contributed by atoms with Crippen LogP contribution in [0.5, 0.6) is 0 Å². The lowest BCUT2D eigenvalue weighted by molar-refractivity contribution is 0.0900. The average Bonchev–Trinajstić information content (AvgIpc) is 2.89. The van der Waals surface area contributed by atoms with Crippen LogP contribution in [0.4, 0.5) is 0 Å². The number of piperidine rings is 1. The van der Waals surface area contributed by atoms with Gasteiger partial charge in [-0.15, -0.1) is 0 Å². The first-order valence-corrected chi connectivity index (χ1v) is 6.66. The Bertz CT molecular complexity index is 413. The SMILES string of the molecule is COCC(C)NC(=O)c1coc(C2CCNCC2)n1. The number of nitrogens with zero attached hydrogens (tertiary/aromatic N) is 1. The Labute approximate surface area is 112 Å². The number of ether oxygens (including phenoxy) is 1. The number of amides is 1. The zero-order valence-corrected chi connectivity index (χ0v) is 11.4. The number of carbonyl (C=O) groups is 1. The van der Waals surface area contributed by atoms with Crippen LogP contribution in [0.1, 0.15) is 42.1 Å². The minimum absolute atomic E-state index is 0.0449. The lowest BCUT2D eigenvalue weighted by Crippen LogP contribution is -2.35. The Morgan fingerprint density at radius 2 is 2.37 bits per heavy atom. The molecule has 1 atom stereocenters. The van der Waals surface area contributed by atoms with E-state index in [-0.39, 0.29) is 11.9 Å². The summed E-state index contributed by atoms with van der Waals surface area (Å²) in [5.41, 5.74) is 0.344. The molecule has 1 amide bonds. The summed E-state index contributed by atoms with van der Waals surface area (Å²) < 4.78 is 10.4. The number of aromatic nitrogens is 1. The van der Waals surface area contributed by atoms with Crippen molar-refractivity contribution in [2.45, 2.75) is 31.7 Å². The van der Waals surface area contributed by atoms with E-state index in [1.807, 2.05) is 6.92 Å². The molecule has 1 saturated heterocycles. The van der Waals surface area contributed by atoms with Crippen molar-refractivity contribution >= 4 is 5.91 Å². The Balaban J connectivity index is 1.94. The Hall–Kier alpha value is -1.40. The zero-order chi connectivity index (χ0) is 13.7. The maximum absolute atomic E-state index is 11.9. The molecule has 0 radical (unpaired) electrons. The summed E-state index contributed by atoms with van der Waals surface area (Å²) in [5, 5.41) is 6.11. The second-order valence-corrected chi connectivity index (χ2v) is 4.93. The molecule has 2 heterocycles. The molecule has 2 rings (SSSR count). The van der Waals surface area contributed by atoms with Crippen molar-refractivity contribution in [1.82, 2.24) is 15.6 Å². The number of methoxy groups -OCH3 is 1. The van der Waals surface area contributed by atoms with E-state index >= 15 is 0 Å². The van der Waals surface area contributed by atoms with Crippen molar-refractivity contribution in [3.63, 3.8) is 0 Å². The minimum Gasteiger partial charge on any atom is -0.448 e. The molecule has 0 saturated carbocycles. The molecule has 2 N–H and O–H groups in total. The van der Waals surface area contributed by atoms with E-state index in [9.17, 15) is 4.79 Å². The highest BCUT2D eigenvalue weighted by Crippen LogP contribution is 2.24. The smallest absolute Gasteiger partial charge is 0.273 e. The summed E-state index contributed by atoms with van der Waals surface area (Å²) in [5.74, 6) is 0.777. The van der Waals surface area contributed by atoms with Crippen LogP contribution in [-0.2, 0) is 4.74 Å². The molecule has 6 nitrogen and oxygen atoms in total. The van der Waals surface area contributed by atoms with Crippen molar-refractivity contribution < 1.29 is 13.9 Å². The molecule has 1 aromatic rings. The minimum atomic E-state index is -0.214. The fraction of sp³-hybridized carbons (Fsp3) is 0.692. The molecule has 0 aliphatic carbocycles. The highest BCUT2D eigenvalue weighted by molar-refractivity contribution is 5.92. The van der Waals surface area contributed by atoms with Gasteiger partial charge in [-0.1, -0.05) is 0 Å². The van der Waals surface area contributed by atoms with E-state index in [2.05, 4.69) is 15.6 Å². The van der Waals surface area contributed by atoms with Gasteiger partial charge in [-0.3, -0.25) is 4.79 Å². The first-order valence-electron chi connectivity index (χ1n) is 6.66. The van der Waals surface area contributed by atoms with Crippen molar-refractivity contribution in [2.75, 3.05) is 26.8 Å². The van der Waals surface area contributed by atoms with Gasteiger partial charge in [-0.05, 0) is 32.9 Å². The van der Waals surface area contributed by atoms with Crippen molar-refractivity contribution in [3.8, 4) is 0 Å². The topological polar surface area (TPSA) is 76.4 Å². The number of nitrogens with one attached hydrogen (secondary N) is 2. The summed E-state index contributed by atoms with van der Waals surface area (Å²) in [6.07, 6.45) is 3.44. The third kappa shape index (κ3) is 3.78. The molecule has 1 unspecified atom stereocenters. The largest absolute Gasteiger partial charge is 0.448 e. The monoisotopic (exact) mass is 267 g/mol. The van der Waals surface area contributed by atoms with Crippen molar-refractivity contribution in [3.05, 3.63) is 17.8 Å². The van der Waals surface area contributed by atoms with Crippen molar-refractivity contribution in [2.24, 2.45) is 0 Å². The van der Waals surface area contributed by atoms with Crippen LogP contribution in [0.3, 0.4) is 0 Å². The summed E-state index contributed by atoms with van der Waals surface area (Å²) in [6, 6.07) is -0.0449. The molecule has 1 fully saturated rings. The Morgan fingerprint density at radius 1 is 1.63 bits per heavy atom. The number of rotatable bonds is 5. The van der Waals surface area contributed by atoms with Gasteiger partial charge in [-0.25, -0.2) is 4.98 Å². The number of hydrogen-bond acceptors (Lipinski definition) is 5. The fourth-order valence-electron chi connectivity index (χ4n) is 2.24. The zero-order valence-electron chi connectivity index (χ0n) is 11.4. The summed E-state index contributed by atoms with van der Waals surface area (Å²) >= 11 is 0. The summed E-state index contributed by atoms with van der Waals surface area (Å²) in [4.78, 5) is 16.2. The quantitative estimate of drug-likeness (QED) is 0.829. The van der Waals surface area contributed by atoms with Gasteiger partial charge < -0.3 is 19.8 Å². The van der Waals surface area contributed by atoms with Crippen LogP contribution in [-0.4, -0.2) is 43.7 Å². The van der Waals surface area contributed by atoms with E-state index in [0.717, 1.165) is 25.9 Å². The van der Waals surface area contributed by atoms with E-state index in [0.29, 0.717) is 24.1 Å². The van der Waals surface area contributed by atoms with E-state index in [4.69, 9.17) is 9.15 Å². The molecular weight excluding hydrogens is 246 g/mol. The first kappa shape index (κ1) is 14.0. The molecule has 1 aliphatic heterocycles. The van der Waals surface area contributed by atoms with Gasteiger partial charge in [0, 0.05) is 19.1 Å². The van der Waals surface area contributed by atoms with Crippen LogP contribution in [0, 0.1) is 0 Å². The predicted molar refractivity (Wildman–Crippen MR) is 70.2 cm³/mol. The molecule has 1 aromatic heterocycles. The van der Waals surface area contributed by atoms with Crippen LogP contribution >= 0.6 is 0 Å². The number of hydrogen-bond donors (Lipinski definition) is 2. The van der Waals surface area contributed by atoms with Crippen molar-refractivity contribution in [1.29, 1.82) is 0 Å². The Kier molecular flexibility index (Phi) is 4.93. The van der Waals surface area contributed by atoms with Crippen LogP contribution in [0.25, 0.3) is 0 Å². The first-order chi connectivity index (χ1) is 9.20. The lowest BCUT2D eigenvalue weighted by atomic mass is 9.98. The second-order valence-electron chi connectivity index (χ2n) is 4.93. The molecule has 1 aliphatic rings. The van der Waals surface area contributed by atoms with Gasteiger partial charge in [-0.2, -0.15) is 0 Å². The molecule has 19 heavy (non-hydrogen) atoms. The van der Waals surface area contributed by atoms with Gasteiger partial charge in [0.05, 0.1) is 6.61 Å². The highest BCUT2D eigenvalue weighted by atomic mass is 16.5. The molecular formula is C13H21N3O3. The van der Waals surface area contributed by atoms with Crippen LogP contribution < -0.4 is 10.6 Å².